The van der Waals surface area contributed by atoms with Crippen molar-refractivity contribution in [3.63, 3.8) is 0 Å². The van der Waals surface area contributed by atoms with Gasteiger partial charge >= 0.3 is 0 Å². The number of fused-ring (bicyclic) bond motifs is 1. The number of aliphatic imine (C=N–C) groups is 1. The molecule has 3 heterocycles. The summed E-state index contributed by atoms with van der Waals surface area (Å²) in [5.74, 6) is 2.29. The lowest BCUT2D eigenvalue weighted by Gasteiger charge is -2.35. The van der Waals surface area contributed by atoms with E-state index in [2.05, 4.69) is 58.0 Å². The van der Waals surface area contributed by atoms with Gasteiger partial charge in [-0.1, -0.05) is 12.1 Å². The van der Waals surface area contributed by atoms with Gasteiger partial charge in [-0.25, -0.2) is 25.4 Å². The molecule has 1 unspecified atom stereocenters. The summed E-state index contributed by atoms with van der Waals surface area (Å²) in [5, 5.41) is 14.8. The van der Waals surface area contributed by atoms with Crippen molar-refractivity contribution in [2.24, 2.45) is 4.99 Å². The second-order valence-corrected chi connectivity index (χ2v) is 9.34. The summed E-state index contributed by atoms with van der Waals surface area (Å²) < 4.78 is 0.631. The molecule has 2 aliphatic heterocycles. The van der Waals surface area contributed by atoms with Gasteiger partial charge in [0.05, 0.1) is 5.52 Å². The molecule has 0 amide bonds. The molecule has 0 radical (unpaired) electrons. The first-order valence-corrected chi connectivity index (χ1v) is 12.4. The van der Waals surface area contributed by atoms with E-state index >= 15 is 0 Å². The summed E-state index contributed by atoms with van der Waals surface area (Å²) in [6, 6.07) is 14.2. The maximum atomic E-state index is 11.6. The number of nitrogens with zero attached hydrogens (tertiary/aromatic N) is 6. The van der Waals surface area contributed by atoms with Crippen LogP contribution in [0.5, 0.6) is 0 Å². The number of hydrogen-bond acceptors (Lipinski definition) is 8. The lowest BCUT2D eigenvalue weighted by molar-refractivity contribution is -0.349. The van der Waals surface area contributed by atoms with Crippen LogP contribution in [-0.2, 0) is 12.8 Å². The normalized spacial score (nSPS) is 19.7. The topological polar surface area (TPSA) is 107 Å². The third kappa shape index (κ3) is 5.46. The first kappa shape index (κ1) is 24.1. The van der Waals surface area contributed by atoms with Gasteiger partial charge in [0, 0.05) is 68.3 Å². The van der Waals surface area contributed by atoms with Gasteiger partial charge in [0.1, 0.15) is 18.4 Å². The molecule has 10 nitrogen and oxygen atoms in total. The molecule has 36 heavy (non-hydrogen) atoms. The molecule has 2 aliphatic rings. The third-order valence-electron chi connectivity index (χ3n) is 6.71. The van der Waals surface area contributed by atoms with Crippen LogP contribution in [0.3, 0.4) is 0 Å². The Bertz CT molecular complexity index is 1280. The molecule has 5 rings (SSSR count). The van der Waals surface area contributed by atoms with Crippen LogP contribution in [0.15, 0.2) is 47.5 Å². The monoisotopic (exact) mass is 487 g/mol. The highest BCUT2D eigenvalue weighted by Crippen LogP contribution is 2.29. The second-order valence-electron chi connectivity index (χ2n) is 9.34. The van der Waals surface area contributed by atoms with E-state index in [-0.39, 0.29) is 0 Å². The van der Waals surface area contributed by atoms with Gasteiger partial charge < -0.3 is 15.5 Å². The molecular weight excluding hydrogens is 454 g/mol. The van der Waals surface area contributed by atoms with Crippen molar-refractivity contribution in [3.05, 3.63) is 59.1 Å². The zero-order valence-electron chi connectivity index (χ0n) is 20.9. The first-order valence-electron chi connectivity index (χ1n) is 12.4. The Morgan fingerprint density at radius 3 is 2.69 bits per heavy atom. The molecule has 10 heteroatoms. The number of hydrogen-bond donors (Lipinski definition) is 3. The van der Waals surface area contributed by atoms with Crippen LogP contribution in [0.1, 0.15) is 24.7 Å². The average molecular weight is 488 g/mol. The molecule has 188 valence electrons. The predicted molar refractivity (Wildman–Crippen MR) is 144 cm³/mol. The predicted octanol–water partition coefficient (Wildman–Crippen LogP) is 2.43. The molecule has 2 aromatic carbocycles. The Kier molecular flexibility index (Phi) is 7.08. The summed E-state index contributed by atoms with van der Waals surface area (Å²) in [7, 11) is 1.97. The van der Waals surface area contributed by atoms with Gasteiger partial charge in [-0.3, -0.25) is 5.43 Å². The van der Waals surface area contributed by atoms with E-state index < -0.39 is 0 Å². The van der Waals surface area contributed by atoms with Crippen LogP contribution in [0, 0.1) is 5.21 Å². The van der Waals surface area contributed by atoms with Crippen molar-refractivity contribution in [2.45, 2.75) is 32.2 Å². The smallest absolute Gasteiger partial charge is 0.216 e. The minimum Gasteiger partial charge on any atom is -0.619 e. The van der Waals surface area contributed by atoms with E-state index in [0.29, 0.717) is 35.1 Å². The Balaban J connectivity index is 1.45. The average Bonchev–Trinajstić information content (AvgIpc) is 3.31. The number of benzene rings is 2. The minimum absolute atomic E-state index is 0.320. The van der Waals surface area contributed by atoms with Gasteiger partial charge in [-0.2, -0.15) is 4.74 Å². The number of rotatable bonds is 7. The number of hydrazine groups is 2. The highest BCUT2D eigenvalue weighted by molar-refractivity contribution is 5.94. The molecule has 0 aliphatic carbocycles. The lowest BCUT2D eigenvalue weighted by atomic mass is 10.1. The molecule has 1 aromatic heterocycles. The number of aromatic nitrogens is 2. The Hall–Kier alpha value is -3.60. The number of nitrogens with one attached hydrogen (secondary N) is 3. The number of anilines is 1. The highest BCUT2D eigenvalue weighted by atomic mass is 16.5. The summed E-state index contributed by atoms with van der Waals surface area (Å²) in [4.78, 5) is 17.0. The van der Waals surface area contributed by atoms with E-state index in [1.807, 2.05) is 25.2 Å². The van der Waals surface area contributed by atoms with Gasteiger partial charge in [-0.15, -0.1) is 0 Å². The third-order valence-corrected chi connectivity index (χ3v) is 6.71. The minimum atomic E-state index is 0.320. The van der Waals surface area contributed by atoms with Gasteiger partial charge in [0.25, 0.3) is 0 Å². The Morgan fingerprint density at radius 1 is 1.14 bits per heavy atom. The van der Waals surface area contributed by atoms with Gasteiger partial charge in [0.15, 0.2) is 5.82 Å². The quantitative estimate of drug-likeness (QED) is 0.202. The van der Waals surface area contributed by atoms with E-state index in [1.165, 1.54) is 0 Å². The molecule has 0 saturated carbocycles. The zero-order valence-corrected chi connectivity index (χ0v) is 20.9. The maximum absolute atomic E-state index is 11.6. The molecular formula is C26H33N9O. The molecule has 2 fully saturated rings. The standard InChI is InChI=1S/C26H33N9O/c1-18-15-25(32-31-18)30-26-22-9-8-21(34-11-13-35(27-2)14-12-34)17-23(22)28-24(29-26)10-7-19-5-4-6-20(16-19)33(3)36/h4-6,8-9,16-18,27,31H,3,7,10-15H2,1-2H3,(H,28,29,30,32). The molecule has 3 N–H and O–H groups in total. The van der Waals surface area contributed by atoms with Crippen molar-refractivity contribution < 1.29 is 4.74 Å². The Labute approximate surface area is 211 Å². The fraction of sp³-hybridized carbons (Fsp3) is 0.385. The summed E-state index contributed by atoms with van der Waals surface area (Å²) in [6.07, 6.45) is 2.17. The van der Waals surface area contributed by atoms with Crippen LogP contribution in [0.25, 0.3) is 10.9 Å². The molecule has 2 saturated heterocycles. The number of amidine groups is 1. The fourth-order valence-electron chi connectivity index (χ4n) is 4.65. The van der Waals surface area contributed by atoms with Crippen molar-refractivity contribution in [2.75, 3.05) is 38.1 Å². The fourth-order valence-corrected chi connectivity index (χ4v) is 4.65. The van der Waals surface area contributed by atoms with Crippen molar-refractivity contribution in [3.8, 4) is 0 Å². The highest BCUT2D eigenvalue weighted by Gasteiger charge is 2.19. The number of aryl methyl sites for hydroxylation is 2. The molecule has 3 aromatic rings. The van der Waals surface area contributed by atoms with E-state index in [4.69, 9.17) is 15.0 Å². The molecule has 0 bridgehead atoms. The maximum Gasteiger partial charge on any atom is 0.216 e. The summed E-state index contributed by atoms with van der Waals surface area (Å²) in [6.45, 7) is 9.38. The van der Waals surface area contributed by atoms with Gasteiger partial charge in [-0.05, 0) is 44.2 Å². The Morgan fingerprint density at radius 2 is 1.97 bits per heavy atom. The van der Waals surface area contributed by atoms with Crippen LogP contribution >= 0.6 is 0 Å². The van der Waals surface area contributed by atoms with E-state index in [1.54, 1.807) is 6.07 Å². The second kappa shape index (κ2) is 10.6. The van der Waals surface area contributed by atoms with Crippen LogP contribution in [-0.4, -0.2) is 71.5 Å². The van der Waals surface area contributed by atoms with Crippen molar-refractivity contribution in [1.82, 2.24) is 31.3 Å². The van der Waals surface area contributed by atoms with Crippen molar-refractivity contribution in [1.29, 1.82) is 0 Å². The number of piperazine rings is 1. The molecule has 1 atom stereocenters. The first-order chi connectivity index (χ1) is 17.5. The van der Waals surface area contributed by atoms with Crippen molar-refractivity contribution >= 4 is 40.6 Å². The summed E-state index contributed by atoms with van der Waals surface area (Å²) in [5.41, 5.74) is 13.2. The van der Waals surface area contributed by atoms with Crippen LogP contribution in [0.4, 0.5) is 17.2 Å². The lowest BCUT2D eigenvalue weighted by Crippen LogP contribution is -2.50. The van der Waals surface area contributed by atoms with Crippen LogP contribution in [0.2, 0.25) is 0 Å². The summed E-state index contributed by atoms with van der Waals surface area (Å²) >= 11 is 0. The SMILES string of the molecule is C=[N+]([O-])c1cccc(CCc2nc(N=C3CC(C)NN3)c3ccc(N4CCN(NC)CC4)cc3n2)c1. The van der Waals surface area contributed by atoms with Gasteiger partial charge in [0.2, 0.25) is 5.69 Å². The van der Waals surface area contributed by atoms with Crippen LogP contribution < -0.4 is 21.2 Å². The molecule has 0 spiro atoms. The van der Waals surface area contributed by atoms with E-state index in [9.17, 15) is 5.21 Å². The largest absolute Gasteiger partial charge is 0.619 e. The van der Waals surface area contributed by atoms with E-state index in [0.717, 1.165) is 66.4 Å². The zero-order chi connectivity index (χ0) is 25.1.